The Balaban J connectivity index is 3.37. The first-order chi connectivity index (χ1) is 5.57. The van der Waals surface area contributed by atoms with Crippen LogP contribution in [-0.2, 0) is 9.53 Å². The lowest BCUT2D eigenvalue weighted by Crippen LogP contribution is -2.32. The van der Waals surface area contributed by atoms with Crippen molar-refractivity contribution in [3.8, 4) is 0 Å². The zero-order chi connectivity index (χ0) is 9.56. The molecule has 0 amide bonds. The molecule has 0 heterocycles. The quantitative estimate of drug-likeness (QED) is 0.611. The summed E-state index contributed by atoms with van der Waals surface area (Å²) in [7, 11) is 1.63. The number of nitrogens with one attached hydrogen (secondary N) is 1. The lowest BCUT2D eigenvalue weighted by atomic mass is 10.2. The molecule has 0 saturated heterocycles. The Kier molecular flexibility index (Phi) is 5.66. The van der Waals surface area contributed by atoms with Gasteiger partial charge in [0, 0.05) is 20.2 Å². The number of ether oxygens (including phenoxy) is 1. The van der Waals surface area contributed by atoms with Crippen LogP contribution in [0.25, 0.3) is 0 Å². The van der Waals surface area contributed by atoms with Crippen LogP contribution in [0.2, 0.25) is 0 Å². The van der Waals surface area contributed by atoms with E-state index in [-0.39, 0.29) is 12.0 Å². The van der Waals surface area contributed by atoms with Crippen LogP contribution in [0.3, 0.4) is 0 Å². The van der Waals surface area contributed by atoms with E-state index in [1.54, 1.807) is 14.0 Å². The molecular weight excluding hydrogens is 158 g/mol. The van der Waals surface area contributed by atoms with Crippen LogP contribution in [0.15, 0.2) is 0 Å². The van der Waals surface area contributed by atoms with Crippen molar-refractivity contribution in [2.75, 3.05) is 20.2 Å². The van der Waals surface area contributed by atoms with Gasteiger partial charge in [0.05, 0.1) is 12.0 Å². The molecule has 0 saturated carbocycles. The van der Waals surface area contributed by atoms with Gasteiger partial charge in [-0.1, -0.05) is 6.92 Å². The lowest BCUT2D eigenvalue weighted by molar-refractivity contribution is -0.140. The molecule has 0 aliphatic rings. The third-order valence-electron chi connectivity index (χ3n) is 1.71. The third kappa shape index (κ3) is 5.09. The summed E-state index contributed by atoms with van der Waals surface area (Å²) in [5.74, 6) is -1.11. The maximum atomic E-state index is 10.4. The minimum absolute atomic E-state index is 0.131. The number of methoxy groups -OCH3 is 1. The molecule has 2 atom stereocenters. The molecule has 0 fully saturated rings. The van der Waals surface area contributed by atoms with Crippen LogP contribution in [0, 0.1) is 5.92 Å². The van der Waals surface area contributed by atoms with E-state index in [1.165, 1.54) is 0 Å². The maximum absolute atomic E-state index is 10.4. The van der Waals surface area contributed by atoms with E-state index in [2.05, 4.69) is 5.32 Å². The van der Waals surface area contributed by atoms with E-state index < -0.39 is 5.97 Å². The monoisotopic (exact) mass is 175 g/mol. The molecule has 0 bridgehead atoms. The van der Waals surface area contributed by atoms with Crippen LogP contribution in [0.5, 0.6) is 0 Å². The Morgan fingerprint density at radius 3 is 2.50 bits per heavy atom. The first kappa shape index (κ1) is 11.4. The molecule has 0 aliphatic heterocycles. The van der Waals surface area contributed by atoms with E-state index in [0.717, 1.165) is 0 Å². The Bertz CT molecular complexity index is 138. The van der Waals surface area contributed by atoms with E-state index in [1.807, 2.05) is 6.92 Å². The van der Waals surface area contributed by atoms with Crippen LogP contribution in [-0.4, -0.2) is 37.4 Å². The first-order valence-electron chi connectivity index (χ1n) is 4.04. The van der Waals surface area contributed by atoms with E-state index in [4.69, 9.17) is 9.84 Å². The fourth-order valence-electron chi connectivity index (χ4n) is 0.674. The molecule has 0 aromatic heterocycles. The first-order valence-corrected chi connectivity index (χ1v) is 4.04. The topological polar surface area (TPSA) is 58.6 Å². The van der Waals surface area contributed by atoms with Gasteiger partial charge >= 0.3 is 5.97 Å². The van der Waals surface area contributed by atoms with Gasteiger partial charge in [-0.05, 0) is 6.92 Å². The van der Waals surface area contributed by atoms with Gasteiger partial charge in [0.1, 0.15) is 0 Å². The van der Waals surface area contributed by atoms with Crippen molar-refractivity contribution in [1.29, 1.82) is 0 Å². The average molecular weight is 175 g/mol. The fourth-order valence-corrected chi connectivity index (χ4v) is 0.674. The molecule has 0 spiro atoms. The Hall–Kier alpha value is -0.610. The molecule has 0 aromatic rings. The zero-order valence-electron chi connectivity index (χ0n) is 7.83. The van der Waals surface area contributed by atoms with Gasteiger partial charge in [0.15, 0.2) is 0 Å². The number of rotatable bonds is 6. The molecule has 4 heteroatoms. The number of carboxylic acid groups (broad SMARTS) is 1. The Morgan fingerprint density at radius 1 is 1.50 bits per heavy atom. The van der Waals surface area contributed by atoms with Gasteiger partial charge in [0.2, 0.25) is 0 Å². The van der Waals surface area contributed by atoms with Crippen molar-refractivity contribution < 1.29 is 14.6 Å². The molecule has 2 unspecified atom stereocenters. The van der Waals surface area contributed by atoms with Crippen molar-refractivity contribution in [1.82, 2.24) is 5.32 Å². The second kappa shape index (κ2) is 5.97. The molecule has 0 aliphatic carbocycles. The molecule has 0 radical (unpaired) electrons. The summed E-state index contributed by atoms with van der Waals surface area (Å²) >= 11 is 0. The molecule has 12 heavy (non-hydrogen) atoms. The summed E-state index contributed by atoms with van der Waals surface area (Å²) < 4.78 is 4.98. The van der Waals surface area contributed by atoms with Crippen molar-refractivity contribution in [2.24, 2.45) is 5.92 Å². The second-order valence-electron chi connectivity index (χ2n) is 2.94. The summed E-state index contributed by atoms with van der Waals surface area (Å²) in [6, 6.07) is 0. The number of hydrogen-bond acceptors (Lipinski definition) is 3. The highest BCUT2D eigenvalue weighted by Crippen LogP contribution is 1.92. The summed E-state index contributed by atoms with van der Waals surface area (Å²) in [5, 5.41) is 11.5. The summed E-state index contributed by atoms with van der Waals surface area (Å²) in [6.45, 7) is 4.78. The normalized spacial score (nSPS) is 15.6. The molecule has 4 nitrogen and oxygen atoms in total. The summed E-state index contributed by atoms with van der Waals surface area (Å²) in [4.78, 5) is 10.4. The van der Waals surface area contributed by atoms with Crippen LogP contribution < -0.4 is 5.32 Å². The van der Waals surface area contributed by atoms with Crippen molar-refractivity contribution in [3.05, 3.63) is 0 Å². The number of aliphatic carboxylic acids is 1. The number of hydrogen-bond donors (Lipinski definition) is 2. The molecule has 72 valence electrons. The second-order valence-corrected chi connectivity index (χ2v) is 2.94. The fraction of sp³-hybridized carbons (Fsp3) is 0.875. The van der Waals surface area contributed by atoms with Gasteiger partial charge in [-0.15, -0.1) is 0 Å². The number of carbonyl (C=O) groups is 1. The highest BCUT2D eigenvalue weighted by molar-refractivity contribution is 5.69. The van der Waals surface area contributed by atoms with E-state index in [0.29, 0.717) is 13.1 Å². The van der Waals surface area contributed by atoms with Crippen LogP contribution in [0.1, 0.15) is 13.8 Å². The minimum Gasteiger partial charge on any atom is -0.481 e. The van der Waals surface area contributed by atoms with Gasteiger partial charge in [-0.3, -0.25) is 4.79 Å². The van der Waals surface area contributed by atoms with Crippen LogP contribution in [0.4, 0.5) is 0 Å². The summed E-state index contributed by atoms with van der Waals surface area (Å²) in [5.41, 5.74) is 0. The predicted octanol–water partition coefficient (Wildman–Crippen LogP) is 0.332. The lowest BCUT2D eigenvalue weighted by Gasteiger charge is -2.12. The Morgan fingerprint density at radius 2 is 2.08 bits per heavy atom. The van der Waals surface area contributed by atoms with Gasteiger partial charge in [-0.2, -0.15) is 0 Å². The predicted molar refractivity (Wildman–Crippen MR) is 46.1 cm³/mol. The van der Waals surface area contributed by atoms with Crippen molar-refractivity contribution in [2.45, 2.75) is 20.0 Å². The molecular formula is C8H17NO3. The minimum atomic E-state index is -0.771. The smallest absolute Gasteiger partial charge is 0.307 e. The van der Waals surface area contributed by atoms with E-state index >= 15 is 0 Å². The maximum Gasteiger partial charge on any atom is 0.307 e. The van der Waals surface area contributed by atoms with Crippen molar-refractivity contribution >= 4 is 5.97 Å². The third-order valence-corrected chi connectivity index (χ3v) is 1.71. The molecule has 0 aromatic carbocycles. The highest BCUT2D eigenvalue weighted by atomic mass is 16.5. The van der Waals surface area contributed by atoms with Gasteiger partial charge < -0.3 is 15.2 Å². The highest BCUT2D eigenvalue weighted by Gasteiger charge is 2.09. The summed E-state index contributed by atoms with van der Waals surface area (Å²) in [6.07, 6.45) is 0.131. The molecule has 0 rings (SSSR count). The zero-order valence-corrected chi connectivity index (χ0v) is 7.83. The number of carboxylic acids is 1. The van der Waals surface area contributed by atoms with Crippen molar-refractivity contribution in [3.63, 3.8) is 0 Å². The van der Waals surface area contributed by atoms with Gasteiger partial charge in [-0.25, -0.2) is 0 Å². The van der Waals surface area contributed by atoms with Crippen LogP contribution >= 0.6 is 0 Å². The SMILES string of the molecule is COC(C)CNCC(C)C(=O)O. The molecule has 2 N–H and O–H groups in total. The largest absolute Gasteiger partial charge is 0.481 e. The van der Waals surface area contributed by atoms with E-state index in [9.17, 15) is 4.79 Å². The standard InChI is InChI=1S/C8H17NO3/c1-6(8(10)11)4-9-5-7(2)12-3/h6-7,9H,4-5H2,1-3H3,(H,10,11). The van der Waals surface area contributed by atoms with Gasteiger partial charge in [0.25, 0.3) is 0 Å². The average Bonchev–Trinajstić information content (AvgIpc) is 2.03. The Labute approximate surface area is 72.9 Å².